The smallest absolute Gasteiger partial charge is 0.407 e. The van der Waals surface area contributed by atoms with Crippen LogP contribution in [0.1, 0.15) is 12.0 Å². The highest BCUT2D eigenvalue weighted by atomic mass is 79.9. The van der Waals surface area contributed by atoms with Crippen molar-refractivity contribution in [3.05, 3.63) is 34.6 Å². The first-order valence-electron chi connectivity index (χ1n) is 5.93. The third-order valence-corrected chi connectivity index (χ3v) is 4.17. The van der Waals surface area contributed by atoms with Crippen LogP contribution >= 0.6 is 15.9 Å². The van der Waals surface area contributed by atoms with Crippen molar-refractivity contribution in [2.24, 2.45) is 11.8 Å². The number of amides is 1. The molecule has 0 aromatic carbocycles. The fourth-order valence-electron chi connectivity index (χ4n) is 2.87. The second-order valence-corrected chi connectivity index (χ2v) is 5.82. The van der Waals surface area contributed by atoms with Crippen LogP contribution < -0.4 is 0 Å². The molecule has 5 heteroatoms. The van der Waals surface area contributed by atoms with Crippen LogP contribution in [0.2, 0.25) is 0 Å². The molecule has 0 unspecified atom stereocenters. The predicted molar refractivity (Wildman–Crippen MR) is 71.1 cm³/mol. The molecular formula is C13H13BrN2O2. The first-order chi connectivity index (χ1) is 8.63. The normalized spacial score (nSPS) is 26.1. The molecule has 3 rings (SSSR count). The Morgan fingerprint density at radius 1 is 1.44 bits per heavy atom. The molecule has 2 heterocycles. The molecule has 4 nitrogen and oxygen atoms in total. The Hall–Kier alpha value is -1.36. The van der Waals surface area contributed by atoms with Crippen molar-refractivity contribution >= 4 is 27.6 Å². The number of fused-ring (bicyclic) bond motifs is 1. The molecule has 1 aliphatic carbocycles. The van der Waals surface area contributed by atoms with Crippen LogP contribution in [0.5, 0.6) is 0 Å². The lowest BCUT2D eigenvalue weighted by atomic mass is 9.99. The lowest BCUT2D eigenvalue weighted by molar-refractivity contribution is 0.153. The van der Waals surface area contributed by atoms with Gasteiger partial charge in [0.1, 0.15) is 0 Å². The third kappa shape index (κ3) is 2.03. The van der Waals surface area contributed by atoms with Gasteiger partial charge in [-0.05, 0) is 51.4 Å². The van der Waals surface area contributed by atoms with Gasteiger partial charge in [0.25, 0.3) is 0 Å². The first-order valence-corrected chi connectivity index (χ1v) is 6.72. The van der Waals surface area contributed by atoms with Crippen molar-refractivity contribution in [2.75, 3.05) is 13.1 Å². The van der Waals surface area contributed by atoms with E-state index in [1.165, 1.54) is 10.5 Å². The Balaban J connectivity index is 1.79. The predicted octanol–water partition coefficient (Wildman–Crippen LogP) is 2.86. The van der Waals surface area contributed by atoms with E-state index in [4.69, 9.17) is 5.11 Å². The van der Waals surface area contributed by atoms with Crippen LogP contribution in [-0.4, -0.2) is 34.2 Å². The topological polar surface area (TPSA) is 53.4 Å². The number of hydrogen-bond donors (Lipinski definition) is 1. The highest BCUT2D eigenvalue weighted by molar-refractivity contribution is 9.10. The summed E-state index contributed by atoms with van der Waals surface area (Å²) in [6, 6.07) is 2.06. The van der Waals surface area contributed by atoms with Gasteiger partial charge < -0.3 is 10.0 Å². The van der Waals surface area contributed by atoms with Crippen LogP contribution in [0.25, 0.3) is 5.57 Å². The summed E-state index contributed by atoms with van der Waals surface area (Å²) in [5.41, 5.74) is 2.43. The summed E-state index contributed by atoms with van der Waals surface area (Å²) in [4.78, 5) is 16.6. The number of halogens is 1. The van der Waals surface area contributed by atoms with Gasteiger partial charge in [0.05, 0.1) is 0 Å². The number of carbonyl (C=O) groups is 1. The van der Waals surface area contributed by atoms with E-state index < -0.39 is 6.09 Å². The number of pyridine rings is 1. The van der Waals surface area contributed by atoms with Gasteiger partial charge in [-0.15, -0.1) is 0 Å². The van der Waals surface area contributed by atoms with Gasteiger partial charge in [0.15, 0.2) is 0 Å². The van der Waals surface area contributed by atoms with E-state index in [2.05, 4.69) is 33.1 Å². The molecular weight excluding hydrogens is 296 g/mol. The van der Waals surface area contributed by atoms with E-state index in [1.807, 2.05) is 6.20 Å². The van der Waals surface area contributed by atoms with E-state index in [-0.39, 0.29) is 0 Å². The number of hydrogen-bond acceptors (Lipinski definition) is 2. The van der Waals surface area contributed by atoms with Gasteiger partial charge in [-0.1, -0.05) is 6.08 Å². The minimum absolute atomic E-state index is 0.370. The molecule has 1 amide bonds. The number of nitrogens with zero attached hydrogens (tertiary/aromatic N) is 2. The van der Waals surface area contributed by atoms with Crippen molar-refractivity contribution in [1.82, 2.24) is 9.88 Å². The largest absolute Gasteiger partial charge is 0.465 e. The van der Waals surface area contributed by atoms with Crippen LogP contribution in [-0.2, 0) is 0 Å². The summed E-state index contributed by atoms with van der Waals surface area (Å²) in [5.74, 6) is 0.810. The molecule has 18 heavy (non-hydrogen) atoms. The van der Waals surface area contributed by atoms with Gasteiger partial charge in [0, 0.05) is 30.0 Å². The van der Waals surface area contributed by atoms with Crippen molar-refractivity contribution in [3.8, 4) is 0 Å². The molecule has 0 radical (unpaired) electrons. The Bertz CT molecular complexity index is 529. The Morgan fingerprint density at radius 2 is 2.28 bits per heavy atom. The number of rotatable bonds is 1. The number of likely N-dealkylation sites (tertiary alicyclic amines) is 1. The molecule has 1 aliphatic heterocycles. The maximum Gasteiger partial charge on any atom is 0.407 e. The molecule has 2 atom stereocenters. The summed E-state index contributed by atoms with van der Waals surface area (Å²) >= 11 is 3.42. The van der Waals surface area contributed by atoms with Crippen molar-refractivity contribution < 1.29 is 9.90 Å². The molecule has 94 valence electrons. The highest BCUT2D eigenvalue weighted by Gasteiger charge is 2.38. The van der Waals surface area contributed by atoms with E-state index in [0.717, 1.165) is 16.5 Å². The number of carboxylic acid groups (broad SMARTS) is 1. The maximum atomic E-state index is 10.9. The molecule has 1 aromatic rings. The van der Waals surface area contributed by atoms with Crippen LogP contribution in [0.15, 0.2) is 29.0 Å². The standard InChI is InChI=1S/C13H13BrN2O2/c14-12-3-9(4-15-5-12)8-1-10-6-16(13(17)18)7-11(10)2-8/h1,3-5,10-11H,2,6-7H2,(H,17,18)/t10-,11+/m1/s1. The van der Waals surface area contributed by atoms with E-state index in [9.17, 15) is 4.79 Å². The summed E-state index contributed by atoms with van der Waals surface area (Å²) in [6.45, 7) is 1.28. The van der Waals surface area contributed by atoms with Crippen LogP contribution in [0, 0.1) is 11.8 Å². The second kappa shape index (κ2) is 4.39. The zero-order valence-corrected chi connectivity index (χ0v) is 11.3. The molecule has 0 saturated carbocycles. The third-order valence-electron chi connectivity index (χ3n) is 3.74. The highest BCUT2D eigenvalue weighted by Crippen LogP contribution is 2.41. The Morgan fingerprint density at radius 3 is 2.94 bits per heavy atom. The lowest BCUT2D eigenvalue weighted by Crippen LogP contribution is -2.27. The van der Waals surface area contributed by atoms with E-state index in [0.29, 0.717) is 24.9 Å². The minimum Gasteiger partial charge on any atom is -0.465 e. The fourth-order valence-corrected chi connectivity index (χ4v) is 3.23. The molecule has 1 fully saturated rings. The number of allylic oxidation sites excluding steroid dienone is 1. The molecule has 1 aromatic heterocycles. The van der Waals surface area contributed by atoms with Gasteiger partial charge in [-0.2, -0.15) is 0 Å². The van der Waals surface area contributed by atoms with Gasteiger partial charge in [-0.25, -0.2) is 4.79 Å². The van der Waals surface area contributed by atoms with Gasteiger partial charge in [-0.3, -0.25) is 4.98 Å². The quantitative estimate of drug-likeness (QED) is 0.868. The van der Waals surface area contributed by atoms with E-state index in [1.54, 1.807) is 6.20 Å². The van der Waals surface area contributed by atoms with Crippen molar-refractivity contribution in [2.45, 2.75) is 6.42 Å². The molecule has 1 saturated heterocycles. The van der Waals surface area contributed by atoms with Crippen molar-refractivity contribution in [3.63, 3.8) is 0 Å². The molecule has 0 bridgehead atoms. The second-order valence-electron chi connectivity index (χ2n) is 4.90. The summed E-state index contributed by atoms with van der Waals surface area (Å²) in [6.07, 6.45) is 6.01. The molecule has 1 N–H and O–H groups in total. The van der Waals surface area contributed by atoms with Gasteiger partial charge >= 0.3 is 6.09 Å². The summed E-state index contributed by atoms with van der Waals surface area (Å²) in [7, 11) is 0. The van der Waals surface area contributed by atoms with Gasteiger partial charge in [0.2, 0.25) is 0 Å². The SMILES string of the molecule is O=C(O)N1C[C@@H]2CC(c3cncc(Br)c3)=C[C@@H]2C1. The van der Waals surface area contributed by atoms with E-state index >= 15 is 0 Å². The fraction of sp³-hybridized carbons (Fsp3) is 0.385. The summed E-state index contributed by atoms with van der Waals surface area (Å²) < 4.78 is 0.977. The molecule has 0 spiro atoms. The zero-order chi connectivity index (χ0) is 12.7. The number of aromatic nitrogens is 1. The minimum atomic E-state index is -0.802. The van der Waals surface area contributed by atoms with Crippen molar-refractivity contribution in [1.29, 1.82) is 0 Å². The molecule has 2 aliphatic rings. The average Bonchev–Trinajstić information content (AvgIpc) is 2.86. The lowest BCUT2D eigenvalue weighted by Gasteiger charge is -2.12. The zero-order valence-electron chi connectivity index (χ0n) is 9.71. The average molecular weight is 309 g/mol. The Labute approximate surface area is 113 Å². The first kappa shape index (κ1) is 11.7. The Kier molecular flexibility index (Phi) is 2.86. The van der Waals surface area contributed by atoms with Crippen LogP contribution in [0.4, 0.5) is 4.79 Å². The summed E-state index contributed by atoms with van der Waals surface area (Å²) in [5, 5.41) is 8.98. The maximum absolute atomic E-state index is 10.9. The monoisotopic (exact) mass is 308 g/mol. The van der Waals surface area contributed by atoms with Crippen LogP contribution in [0.3, 0.4) is 0 Å².